The highest BCUT2D eigenvalue weighted by molar-refractivity contribution is 5.72. The highest BCUT2D eigenvalue weighted by Crippen LogP contribution is 2.26. The van der Waals surface area contributed by atoms with E-state index in [1.165, 1.54) is 51.4 Å². The van der Waals surface area contributed by atoms with Gasteiger partial charge in [-0.05, 0) is 61.4 Å². The standard InChI is InChI=1S/C30H42O5/c1-3-5-7-9-11-13-15-29(31)34-27-21-17-25(18-22-27)33-26-19-23-28(24-20-26)35-30(32)16-14-12-10-8-6-4-2/h17-24H,3-16H2,1-2H3. The normalized spacial score (nSPS) is 10.7. The zero-order valence-electron chi connectivity index (χ0n) is 21.6. The summed E-state index contributed by atoms with van der Waals surface area (Å²) >= 11 is 0. The molecule has 0 spiro atoms. The van der Waals surface area contributed by atoms with Gasteiger partial charge in [0.1, 0.15) is 23.0 Å². The van der Waals surface area contributed by atoms with Crippen LogP contribution < -0.4 is 14.2 Å². The van der Waals surface area contributed by atoms with Crippen LogP contribution in [0.25, 0.3) is 0 Å². The van der Waals surface area contributed by atoms with Gasteiger partial charge in [-0.25, -0.2) is 0 Å². The smallest absolute Gasteiger partial charge is 0.311 e. The first-order valence-corrected chi connectivity index (χ1v) is 13.4. The van der Waals surface area contributed by atoms with Gasteiger partial charge in [-0.1, -0.05) is 78.1 Å². The SMILES string of the molecule is CCCCCCCCC(=O)Oc1ccc(Oc2ccc(OC(=O)CCCCCCCC)cc2)cc1. The number of unbranched alkanes of at least 4 members (excludes halogenated alkanes) is 10. The van der Waals surface area contributed by atoms with E-state index in [2.05, 4.69) is 13.8 Å². The second-order valence-corrected chi connectivity index (χ2v) is 9.03. The summed E-state index contributed by atoms with van der Waals surface area (Å²) in [6, 6.07) is 14.0. The van der Waals surface area contributed by atoms with Crippen LogP contribution in [0.2, 0.25) is 0 Å². The van der Waals surface area contributed by atoms with E-state index in [1.54, 1.807) is 48.5 Å². The van der Waals surface area contributed by atoms with Crippen LogP contribution in [-0.4, -0.2) is 11.9 Å². The van der Waals surface area contributed by atoms with Gasteiger partial charge in [-0.2, -0.15) is 0 Å². The molecular formula is C30H42O5. The summed E-state index contributed by atoms with van der Waals surface area (Å²) in [5.74, 6) is 1.90. The minimum absolute atomic E-state index is 0.198. The second-order valence-electron chi connectivity index (χ2n) is 9.03. The van der Waals surface area contributed by atoms with Gasteiger partial charge in [-0.3, -0.25) is 9.59 Å². The van der Waals surface area contributed by atoms with E-state index in [9.17, 15) is 9.59 Å². The first kappa shape index (κ1) is 28.4. The molecule has 0 saturated heterocycles. The number of hydrogen-bond donors (Lipinski definition) is 0. The molecule has 0 heterocycles. The Balaban J connectivity index is 1.67. The predicted octanol–water partition coefficient (Wildman–Crippen LogP) is 8.79. The Morgan fingerprint density at radius 2 is 0.800 bits per heavy atom. The number of carbonyl (C=O) groups is 2. The Morgan fingerprint density at radius 1 is 0.486 bits per heavy atom. The summed E-state index contributed by atoms with van der Waals surface area (Å²) in [6.07, 6.45) is 14.6. The first-order chi connectivity index (χ1) is 17.1. The molecular weight excluding hydrogens is 440 g/mol. The maximum absolute atomic E-state index is 12.0. The summed E-state index contributed by atoms with van der Waals surface area (Å²) in [4.78, 5) is 24.0. The molecule has 0 bridgehead atoms. The van der Waals surface area contributed by atoms with Gasteiger partial charge in [0.15, 0.2) is 0 Å². The molecule has 5 heteroatoms. The van der Waals surface area contributed by atoms with Crippen LogP contribution in [0, 0.1) is 0 Å². The van der Waals surface area contributed by atoms with Crippen LogP contribution in [0.15, 0.2) is 48.5 Å². The minimum Gasteiger partial charge on any atom is -0.457 e. The third-order valence-electron chi connectivity index (χ3n) is 5.82. The molecule has 0 unspecified atom stereocenters. The van der Waals surface area contributed by atoms with Crippen molar-refractivity contribution in [2.45, 2.75) is 104 Å². The molecule has 35 heavy (non-hydrogen) atoms. The van der Waals surface area contributed by atoms with Crippen molar-refractivity contribution in [3.05, 3.63) is 48.5 Å². The maximum Gasteiger partial charge on any atom is 0.311 e. The molecule has 0 N–H and O–H groups in total. The Morgan fingerprint density at radius 3 is 1.17 bits per heavy atom. The predicted molar refractivity (Wildman–Crippen MR) is 140 cm³/mol. The molecule has 0 amide bonds. The molecule has 0 saturated carbocycles. The van der Waals surface area contributed by atoms with Crippen LogP contribution in [0.4, 0.5) is 0 Å². The van der Waals surface area contributed by atoms with E-state index in [1.807, 2.05) is 0 Å². The Bertz CT molecular complexity index is 771. The highest BCUT2D eigenvalue weighted by atomic mass is 16.5. The Labute approximate surface area is 211 Å². The van der Waals surface area contributed by atoms with Crippen LogP contribution in [0.3, 0.4) is 0 Å². The molecule has 0 atom stereocenters. The monoisotopic (exact) mass is 482 g/mol. The average molecular weight is 483 g/mol. The summed E-state index contributed by atoms with van der Waals surface area (Å²) in [5, 5.41) is 0. The molecule has 2 aromatic rings. The molecule has 0 aliphatic rings. The number of ether oxygens (including phenoxy) is 3. The molecule has 5 nitrogen and oxygen atoms in total. The van der Waals surface area contributed by atoms with Gasteiger partial charge in [0.2, 0.25) is 0 Å². The summed E-state index contributed by atoms with van der Waals surface area (Å²) in [7, 11) is 0. The lowest BCUT2D eigenvalue weighted by atomic mass is 10.1. The molecule has 0 aromatic heterocycles. The quantitative estimate of drug-likeness (QED) is 0.121. The molecule has 0 radical (unpaired) electrons. The summed E-state index contributed by atoms with van der Waals surface area (Å²) < 4.78 is 16.7. The number of rotatable bonds is 18. The van der Waals surface area contributed by atoms with E-state index < -0.39 is 0 Å². The van der Waals surface area contributed by atoms with Crippen molar-refractivity contribution < 1.29 is 23.8 Å². The van der Waals surface area contributed by atoms with Gasteiger partial charge in [0.25, 0.3) is 0 Å². The van der Waals surface area contributed by atoms with E-state index in [0.29, 0.717) is 35.8 Å². The van der Waals surface area contributed by atoms with Crippen molar-refractivity contribution in [2.75, 3.05) is 0 Å². The number of benzene rings is 2. The fraction of sp³-hybridized carbons (Fsp3) is 0.533. The molecule has 2 rings (SSSR count). The minimum atomic E-state index is -0.198. The molecule has 0 fully saturated rings. The van der Waals surface area contributed by atoms with Gasteiger partial charge in [-0.15, -0.1) is 0 Å². The van der Waals surface area contributed by atoms with Crippen LogP contribution in [-0.2, 0) is 9.59 Å². The lowest BCUT2D eigenvalue weighted by Gasteiger charge is -2.09. The van der Waals surface area contributed by atoms with E-state index in [0.717, 1.165) is 25.7 Å². The summed E-state index contributed by atoms with van der Waals surface area (Å²) in [6.45, 7) is 4.39. The van der Waals surface area contributed by atoms with Gasteiger partial charge in [0, 0.05) is 12.8 Å². The van der Waals surface area contributed by atoms with Crippen molar-refractivity contribution in [1.82, 2.24) is 0 Å². The highest BCUT2D eigenvalue weighted by Gasteiger charge is 2.07. The lowest BCUT2D eigenvalue weighted by molar-refractivity contribution is -0.135. The zero-order chi connectivity index (χ0) is 25.1. The molecule has 0 aliphatic carbocycles. The van der Waals surface area contributed by atoms with Gasteiger partial charge < -0.3 is 14.2 Å². The Kier molecular flexibility index (Phi) is 14.3. The maximum atomic E-state index is 12.0. The van der Waals surface area contributed by atoms with Crippen molar-refractivity contribution in [3.8, 4) is 23.0 Å². The fourth-order valence-electron chi connectivity index (χ4n) is 3.75. The van der Waals surface area contributed by atoms with Crippen molar-refractivity contribution in [3.63, 3.8) is 0 Å². The third kappa shape index (κ3) is 13.0. The summed E-state index contributed by atoms with van der Waals surface area (Å²) in [5.41, 5.74) is 0. The topological polar surface area (TPSA) is 61.8 Å². The van der Waals surface area contributed by atoms with Gasteiger partial charge >= 0.3 is 11.9 Å². The first-order valence-electron chi connectivity index (χ1n) is 13.4. The van der Waals surface area contributed by atoms with E-state index in [4.69, 9.17) is 14.2 Å². The third-order valence-corrected chi connectivity index (χ3v) is 5.82. The van der Waals surface area contributed by atoms with Crippen LogP contribution >= 0.6 is 0 Å². The van der Waals surface area contributed by atoms with Crippen molar-refractivity contribution >= 4 is 11.9 Å². The molecule has 192 valence electrons. The molecule has 2 aromatic carbocycles. The van der Waals surface area contributed by atoms with E-state index >= 15 is 0 Å². The van der Waals surface area contributed by atoms with Crippen LogP contribution in [0.5, 0.6) is 23.0 Å². The molecule has 0 aliphatic heterocycles. The largest absolute Gasteiger partial charge is 0.457 e. The number of hydrogen-bond acceptors (Lipinski definition) is 5. The number of carbonyl (C=O) groups excluding carboxylic acids is 2. The van der Waals surface area contributed by atoms with Crippen LogP contribution in [0.1, 0.15) is 104 Å². The van der Waals surface area contributed by atoms with Gasteiger partial charge in [0.05, 0.1) is 0 Å². The zero-order valence-corrected chi connectivity index (χ0v) is 21.6. The van der Waals surface area contributed by atoms with Crippen molar-refractivity contribution in [2.24, 2.45) is 0 Å². The van der Waals surface area contributed by atoms with Crippen molar-refractivity contribution in [1.29, 1.82) is 0 Å². The Hall–Kier alpha value is -2.82. The fourth-order valence-corrected chi connectivity index (χ4v) is 3.75. The number of esters is 2. The second kappa shape index (κ2) is 17.6. The lowest BCUT2D eigenvalue weighted by Crippen LogP contribution is -2.07. The van der Waals surface area contributed by atoms with E-state index in [-0.39, 0.29) is 11.9 Å². The average Bonchev–Trinajstić information content (AvgIpc) is 2.86.